The minimum absolute atomic E-state index is 0.0133. The number of ether oxygens (including phenoxy) is 1. The van der Waals surface area contributed by atoms with Crippen molar-refractivity contribution in [3.63, 3.8) is 0 Å². The van der Waals surface area contributed by atoms with E-state index in [-0.39, 0.29) is 12.0 Å². The van der Waals surface area contributed by atoms with Gasteiger partial charge in [0.25, 0.3) is 5.91 Å². The van der Waals surface area contributed by atoms with Crippen molar-refractivity contribution in [2.75, 3.05) is 32.1 Å². The average molecular weight is 312 g/mol. The van der Waals surface area contributed by atoms with Crippen molar-refractivity contribution in [3.05, 3.63) is 22.8 Å². The van der Waals surface area contributed by atoms with E-state index in [0.29, 0.717) is 23.1 Å². The van der Waals surface area contributed by atoms with Crippen molar-refractivity contribution in [1.29, 1.82) is 0 Å². The van der Waals surface area contributed by atoms with E-state index in [2.05, 4.69) is 17.2 Å². The maximum Gasteiger partial charge on any atom is 0.254 e. The molecule has 1 aromatic heterocycles. The number of halogens is 1. The average Bonchev–Trinajstić information content (AvgIpc) is 2.51. The van der Waals surface area contributed by atoms with E-state index in [9.17, 15) is 4.79 Å². The number of aromatic nitrogens is 1. The molecule has 0 radical (unpaired) electrons. The summed E-state index contributed by atoms with van der Waals surface area (Å²) >= 11 is 5.96. The van der Waals surface area contributed by atoms with Crippen molar-refractivity contribution in [2.45, 2.75) is 32.3 Å². The number of pyridine rings is 1. The Morgan fingerprint density at radius 1 is 1.57 bits per heavy atom. The highest BCUT2D eigenvalue weighted by atomic mass is 35.5. The van der Waals surface area contributed by atoms with Crippen molar-refractivity contribution < 1.29 is 9.53 Å². The third-order valence-electron chi connectivity index (χ3n) is 3.52. The molecule has 0 saturated carbocycles. The molecule has 5 nitrogen and oxygen atoms in total. The number of nitrogens with zero attached hydrogens (tertiary/aromatic N) is 2. The lowest BCUT2D eigenvalue weighted by Gasteiger charge is -2.32. The summed E-state index contributed by atoms with van der Waals surface area (Å²) in [6.07, 6.45) is 3.12. The summed E-state index contributed by atoms with van der Waals surface area (Å²) in [5.74, 6) is 0.585. The normalized spacial score (nSPS) is 18.6. The predicted octanol–water partition coefficient (Wildman–Crippen LogP) is 2.81. The zero-order chi connectivity index (χ0) is 15.2. The molecule has 0 aromatic carbocycles. The number of hydrogen-bond acceptors (Lipinski definition) is 4. The minimum atomic E-state index is -0.0133. The number of likely N-dealkylation sites (tertiary alicyclic amines) is 1. The van der Waals surface area contributed by atoms with Crippen LogP contribution >= 0.6 is 11.6 Å². The summed E-state index contributed by atoms with van der Waals surface area (Å²) in [6, 6.07) is 3.34. The first kappa shape index (κ1) is 16.0. The van der Waals surface area contributed by atoms with Crippen LogP contribution in [0, 0.1) is 0 Å². The first-order valence-corrected chi connectivity index (χ1v) is 7.78. The Kier molecular flexibility index (Phi) is 5.82. The van der Waals surface area contributed by atoms with Gasteiger partial charge in [-0.1, -0.05) is 18.5 Å². The number of carbonyl (C=O) groups is 1. The second-order valence-corrected chi connectivity index (χ2v) is 5.59. The van der Waals surface area contributed by atoms with Gasteiger partial charge in [0.2, 0.25) is 0 Å². The highest BCUT2D eigenvalue weighted by Crippen LogP contribution is 2.19. The molecule has 0 bridgehead atoms. The fourth-order valence-electron chi connectivity index (χ4n) is 2.47. The molecule has 21 heavy (non-hydrogen) atoms. The summed E-state index contributed by atoms with van der Waals surface area (Å²) in [6.45, 7) is 4.25. The summed E-state index contributed by atoms with van der Waals surface area (Å²) in [5.41, 5.74) is 0.565. The first-order valence-electron chi connectivity index (χ1n) is 7.40. The molecular formula is C15H22ClN3O2. The van der Waals surface area contributed by atoms with Crippen LogP contribution in [0.3, 0.4) is 0 Å². The largest absolute Gasteiger partial charge is 0.376 e. The van der Waals surface area contributed by atoms with Gasteiger partial charge in [-0.25, -0.2) is 4.98 Å². The number of carbonyl (C=O) groups excluding carboxylic acids is 1. The third-order valence-corrected chi connectivity index (χ3v) is 3.71. The molecule has 1 saturated heterocycles. The number of nitrogens with one attached hydrogen (secondary N) is 1. The first-order chi connectivity index (χ1) is 10.1. The van der Waals surface area contributed by atoms with Crippen molar-refractivity contribution >= 4 is 23.3 Å². The highest BCUT2D eigenvalue weighted by Gasteiger charge is 2.25. The number of piperidine rings is 1. The molecule has 1 fully saturated rings. The molecule has 2 heterocycles. The van der Waals surface area contributed by atoms with E-state index in [0.717, 1.165) is 32.4 Å². The zero-order valence-corrected chi connectivity index (χ0v) is 13.3. The Bertz CT molecular complexity index is 496. The lowest BCUT2D eigenvalue weighted by Crippen LogP contribution is -2.43. The number of rotatable bonds is 5. The van der Waals surface area contributed by atoms with Crippen LogP contribution in [-0.4, -0.2) is 48.6 Å². The molecule has 1 unspecified atom stereocenters. The highest BCUT2D eigenvalue weighted by molar-refractivity contribution is 6.29. The van der Waals surface area contributed by atoms with Crippen molar-refractivity contribution in [1.82, 2.24) is 9.88 Å². The van der Waals surface area contributed by atoms with Gasteiger partial charge in [-0.3, -0.25) is 4.79 Å². The molecule has 1 atom stereocenters. The quantitative estimate of drug-likeness (QED) is 0.850. The van der Waals surface area contributed by atoms with Gasteiger partial charge in [0.1, 0.15) is 11.0 Å². The Hall–Kier alpha value is -1.33. The Morgan fingerprint density at radius 3 is 3.10 bits per heavy atom. The molecule has 1 aromatic rings. The number of amides is 1. The molecule has 0 aliphatic carbocycles. The van der Waals surface area contributed by atoms with Gasteiger partial charge in [0.15, 0.2) is 0 Å². The molecule has 1 N–H and O–H groups in total. The number of hydrogen-bond donors (Lipinski definition) is 1. The Morgan fingerprint density at radius 2 is 2.38 bits per heavy atom. The Balaban J connectivity index is 2.06. The lowest BCUT2D eigenvalue weighted by atomic mass is 10.1. The predicted molar refractivity (Wildman–Crippen MR) is 84.0 cm³/mol. The van der Waals surface area contributed by atoms with Gasteiger partial charge in [0, 0.05) is 32.3 Å². The van der Waals surface area contributed by atoms with Crippen LogP contribution in [0.4, 0.5) is 5.82 Å². The summed E-state index contributed by atoms with van der Waals surface area (Å²) in [7, 11) is 1.75. The van der Waals surface area contributed by atoms with Gasteiger partial charge in [0.05, 0.1) is 6.10 Å². The summed E-state index contributed by atoms with van der Waals surface area (Å²) in [5, 5.41) is 3.23. The topological polar surface area (TPSA) is 54.5 Å². The Labute approximate surface area is 130 Å². The van der Waals surface area contributed by atoms with Crippen LogP contribution < -0.4 is 5.32 Å². The van der Waals surface area contributed by atoms with Crippen LogP contribution in [0.15, 0.2) is 12.1 Å². The monoisotopic (exact) mass is 311 g/mol. The van der Waals surface area contributed by atoms with Crippen LogP contribution in [0.25, 0.3) is 0 Å². The van der Waals surface area contributed by atoms with E-state index in [1.54, 1.807) is 19.2 Å². The minimum Gasteiger partial charge on any atom is -0.376 e. The second-order valence-electron chi connectivity index (χ2n) is 5.20. The van der Waals surface area contributed by atoms with Gasteiger partial charge < -0.3 is 15.0 Å². The van der Waals surface area contributed by atoms with E-state index in [4.69, 9.17) is 16.3 Å². The third kappa shape index (κ3) is 4.32. The van der Waals surface area contributed by atoms with Crippen LogP contribution in [-0.2, 0) is 4.74 Å². The van der Waals surface area contributed by atoms with Crippen LogP contribution in [0.1, 0.15) is 36.5 Å². The fraction of sp³-hybridized carbons (Fsp3) is 0.600. The second kappa shape index (κ2) is 7.61. The number of anilines is 1. The zero-order valence-electron chi connectivity index (χ0n) is 12.6. The van der Waals surface area contributed by atoms with Gasteiger partial charge in [-0.05, 0) is 31.4 Å². The molecular weight excluding hydrogens is 290 g/mol. The fourth-order valence-corrected chi connectivity index (χ4v) is 2.68. The lowest BCUT2D eigenvalue weighted by molar-refractivity contribution is 0.00211. The molecule has 0 spiro atoms. The molecule has 116 valence electrons. The standard InChI is InChI=1S/C15H22ClN3O2/c1-3-7-21-12-5-4-6-19(10-12)15(20)11-8-13(16)18-14(9-11)17-2/h8-9,12H,3-7,10H2,1-2H3,(H,17,18). The van der Waals surface area contributed by atoms with Crippen molar-refractivity contribution in [3.8, 4) is 0 Å². The maximum absolute atomic E-state index is 12.6. The van der Waals surface area contributed by atoms with Gasteiger partial charge >= 0.3 is 0 Å². The smallest absolute Gasteiger partial charge is 0.254 e. The molecule has 1 amide bonds. The summed E-state index contributed by atoms with van der Waals surface area (Å²) < 4.78 is 5.77. The van der Waals surface area contributed by atoms with E-state index >= 15 is 0 Å². The molecule has 2 rings (SSSR count). The van der Waals surface area contributed by atoms with Gasteiger partial charge in [-0.15, -0.1) is 0 Å². The SMILES string of the molecule is CCCOC1CCCN(C(=O)c2cc(Cl)nc(NC)c2)C1. The van der Waals surface area contributed by atoms with Gasteiger partial charge in [-0.2, -0.15) is 0 Å². The maximum atomic E-state index is 12.6. The van der Waals surface area contributed by atoms with Crippen LogP contribution in [0.2, 0.25) is 5.15 Å². The molecule has 6 heteroatoms. The van der Waals surface area contributed by atoms with E-state index < -0.39 is 0 Å². The van der Waals surface area contributed by atoms with E-state index in [1.165, 1.54) is 0 Å². The van der Waals surface area contributed by atoms with Crippen molar-refractivity contribution in [2.24, 2.45) is 0 Å². The summed E-state index contributed by atoms with van der Waals surface area (Å²) in [4.78, 5) is 18.5. The molecule has 1 aliphatic rings. The molecule has 1 aliphatic heterocycles. The van der Waals surface area contributed by atoms with E-state index in [1.807, 2.05) is 4.90 Å². The van der Waals surface area contributed by atoms with Crippen LogP contribution in [0.5, 0.6) is 0 Å².